The SMILES string of the molecule is COc1cc2c(cc1OC)[C@@H](Cc1cc(OC)c(OC)c(OC)c1)C[N+]([13CH3])(CCCO[13C](=O)CC/C=C/CC[13C](=O)OCCC[N+]1([13CH3])CCc3cc(OC)c(OC)cc3[C@H]1Cc1cc(OC)c(OC)c(OC)c1)C2.[Cl-].[Cl-]. The molecule has 4 atom stereocenters. The molecule has 0 bridgehead atoms. The molecule has 2 aliphatic rings. The first-order chi connectivity index (χ1) is 35.7. The molecular formula is C58H80Cl2N2O14. The van der Waals surface area contributed by atoms with E-state index in [0.29, 0.717) is 103 Å². The van der Waals surface area contributed by atoms with E-state index in [4.69, 9.17) is 56.8 Å². The highest BCUT2D eigenvalue weighted by Crippen LogP contribution is 2.46. The van der Waals surface area contributed by atoms with Crippen LogP contribution in [0.2, 0.25) is 0 Å². The van der Waals surface area contributed by atoms with Crippen LogP contribution in [-0.4, -0.2) is 145 Å². The number of fused-ring (bicyclic) bond motifs is 2. The summed E-state index contributed by atoms with van der Waals surface area (Å²) in [6.07, 6.45) is 9.16. The quantitative estimate of drug-likeness (QED) is 0.0270. The van der Waals surface area contributed by atoms with Gasteiger partial charge in [0.2, 0.25) is 11.5 Å². The molecule has 0 aromatic heterocycles. The zero-order valence-electron chi connectivity index (χ0n) is 46.6. The Balaban J connectivity index is 0.00000624. The highest BCUT2D eigenvalue weighted by molar-refractivity contribution is 5.70. The van der Waals surface area contributed by atoms with Gasteiger partial charge >= 0.3 is 11.9 Å². The molecule has 0 saturated carbocycles. The van der Waals surface area contributed by atoms with Gasteiger partial charge in [0.05, 0.1) is 125 Å². The molecule has 0 radical (unpaired) electrons. The smallest absolute Gasteiger partial charge is 0.306 e. The lowest BCUT2D eigenvalue weighted by Crippen LogP contribution is -3.00. The molecule has 0 N–H and O–H groups in total. The fourth-order valence-corrected chi connectivity index (χ4v) is 10.9. The molecule has 18 heteroatoms. The van der Waals surface area contributed by atoms with Crippen molar-refractivity contribution in [2.24, 2.45) is 0 Å². The van der Waals surface area contributed by atoms with Gasteiger partial charge in [0.25, 0.3) is 0 Å². The fourth-order valence-electron chi connectivity index (χ4n) is 10.9. The summed E-state index contributed by atoms with van der Waals surface area (Å²) in [6, 6.07) is 16.5. The van der Waals surface area contributed by atoms with Gasteiger partial charge in [-0.25, -0.2) is 0 Å². The molecule has 76 heavy (non-hydrogen) atoms. The maximum atomic E-state index is 12.8. The number of carbonyl (C=O) groups excluding carboxylic acids is 2. The summed E-state index contributed by atoms with van der Waals surface area (Å²) in [6.45, 7) is 4.83. The van der Waals surface area contributed by atoms with Crippen molar-refractivity contribution in [3.8, 4) is 57.5 Å². The van der Waals surface area contributed by atoms with Gasteiger partial charge in [-0.15, -0.1) is 0 Å². The highest BCUT2D eigenvalue weighted by Gasteiger charge is 2.41. The number of allylic oxidation sites excluding steroid dienone is 2. The average molecular weight is 1100 g/mol. The van der Waals surface area contributed by atoms with E-state index in [0.717, 1.165) is 65.7 Å². The van der Waals surface area contributed by atoms with E-state index in [2.05, 4.69) is 38.4 Å². The summed E-state index contributed by atoms with van der Waals surface area (Å²) in [5.74, 6) is 6.00. The van der Waals surface area contributed by atoms with E-state index >= 15 is 0 Å². The zero-order chi connectivity index (χ0) is 53.4. The Kier molecular flexibility index (Phi) is 24.3. The number of quaternary nitrogens is 2. The number of nitrogens with zero attached hydrogens (tertiary/aromatic N) is 2. The van der Waals surface area contributed by atoms with Crippen molar-refractivity contribution >= 4 is 11.9 Å². The van der Waals surface area contributed by atoms with Crippen LogP contribution in [0.4, 0.5) is 0 Å². The van der Waals surface area contributed by atoms with Gasteiger partial charge in [0.15, 0.2) is 46.0 Å². The summed E-state index contributed by atoms with van der Waals surface area (Å²) in [5.41, 5.74) is 6.95. The number of methoxy groups -OCH3 is 10. The Morgan fingerprint density at radius 3 is 1.39 bits per heavy atom. The first-order valence-electron chi connectivity index (χ1n) is 25.4. The molecule has 0 amide bonds. The number of carbonyl (C=O) groups is 2. The monoisotopic (exact) mass is 1100 g/mol. The number of esters is 2. The lowest BCUT2D eigenvalue weighted by atomic mass is 9.84. The molecule has 4 aromatic rings. The van der Waals surface area contributed by atoms with Crippen molar-refractivity contribution in [2.75, 3.05) is 125 Å². The second-order valence-electron chi connectivity index (χ2n) is 19.6. The van der Waals surface area contributed by atoms with Crippen LogP contribution < -0.4 is 72.2 Å². The zero-order valence-corrected chi connectivity index (χ0v) is 48.1. The van der Waals surface area contributed by atoms with Gasteiger partial charge in [-0.2, -0.15) is 0 Å². The minimum Gasteiger partial charge on any atom is -1.00 e. The Labute approximate surface area is 462 Å². The molecular weight excluding hydrogens is 1020 g/mol. The van der Waals surface area contributed by atoms with Gasteiger partial charge in [0.1, 0.15) is 12.6 Å². The molecule has 0 spiro atoms. The van der Waals surface area contributed by atoms with E-state index in [9.17, 15) is 9.59 Å². The van der Waals surface area contributed by atoms with E-state index in [1.807, 2.05) is 36.4 Å². The second-order valence-corrected chi connectivity index (χ2v) is 19.6. The Bertz CT molecular complexity index is 2530. The molecule has 6 rings (SSSR count). The van der Waals surface area contributed by atoms with Crippen LogP contribution in [0.15, 0.2) is 60.7 Å². The number of hydrogen-bond donors (Lipinski definition) is 0. The second kappa shape index (κ2) is 29.5. The maximum Gasteiger partial charge on any atom is 0.306 e. The highest BCUT2D eigenvalue weighted by atomic mass is 35.5. The van der Waals surface area contributed by atoms with Crippen LogP contribution in [0, 0.1) is 0 Å². The van der Waals surface area contributed by atoms with Crippen LogP contribution >= 0.6 is 0 Å². The standard InChI is InChI=1S/C58H80N2O14.2ClH/c1-59(37-42(44-35-49(65-5)48(64-4)34-43(44)38-59)27-39-29-51(67-7)57(71-11)52(30-39)68-8)22-17-25-73-55(61)19-15-13-14-16-20-56(62)74-26-18-23-60(2)24-21-41-33-47(63-3)50(66-6)36-45(41)46(60)28-40-31-53(69-9)58(72-12)54(32-40)70-10;;/h13-14,29-36,42,46H,15-28,37-38H2,1-12H3;2*1H/q+2;;/p-2/b14-13+;;/t42-,46+,59?,60?;;/m0../s1/i1+1,2+1,55+1,56+1;;. The van der Waals surface area contributed by atoms with Gasteiger partial charge < -0.3 is 90.6 Å². The van der Waals surface area contributed by atoms with Crippen molar-refractivity contribution < 1.29 is 100 Å². The van der Waals surface area contributed by atoms with Crippen LogP contribution in [0.5, 0.6) is 57.5 Å². The summed E-state index contributed by atoms with van der Waals surface area (Å²) >= 11 is 0. The van der Waals surface area contributed by atoms with Crippen LogP contribution in [0.1, 0.15) is 83.9 Å². The van der Waals surface area contributed by atoms with Crippen molar-refractivity contribution in [3.05, 3.63) is 94.1 Å². The lowest BCUT2D eigenvalue weighted by molar-refractivity contribution is -0.941. The van der Waals surface area contributed by atoms with Crippen LogP contribution in [-0.2, 0) is 44.9 Å². The molecule has 0 saturated heterocycles. The normalized spacial score (nSPS) is 18.4. The number of hydrogen-bond acceptors (Lipinski definition) is 14. The van der Waals surface area contributed by atoms with E-state index in [1.54, 1.807) is 71.1 Å². The topological polar surface area (TPSA) is 145 Å². The summed E-state index contributed by atoms with van der Waals surface area (Å²) in [7, 11) is 20.9. The third-order valence-corrected chi connectivity index (χ3v) is 14.7. The van der Waals surface area contributed by atoms with Gasteiger partial charge in [-0.05, 0) is 90.0 Å². The molecule has 4 aromatic carbocycles. The van der Waals surface area contributed by atoms with Gasteiger partial charge in [-0.3, -0.25) is 9.59 Å². The number of rotatable bonds is 28. The Morgan fingerprint density at radius 1 is 0.513 bits per heavy atom. The first-order valence-corrected chi connectivity index (χ1v) is 25.4. The van der Waals surface area contributed by atoms with Crippen LogP contribution in [0.25, 0.3) is 0 Å². The number of benzene rings is 4. The number of likely N-dealkylation sites (N-methyl/N-ethyl adjacent to an activating group) is 2. The average Bonchev–Trinajstić information content (AvgIpc) is 3.41. The van der Waals surface area contributed by atoms with E-state index < -0.39 is 0 Å². The van der Waals surface area contributed by atoms with Crippen molar-refractivity contribution in [3.63, 3.8) is 0 Å². The van der Waals surface area contributed by atoms with Gasteiger partial charge in [-0.1, -0.05) is 12.2 Å². The van der Waals surface area contributed by atoms with E-state index in [1.165, 1.54) is 22.3 Å². The predicted molar refractivity (Wildman–Crippen MR) is 282 cm³/mol. The molecule has 2 heterocycles. The number of ether oxygens (including phenoxy) is 12. The summed E-state index contributed by atoms with van der Waals surface area (Å²) in [4.78, 5) is 25.6. The predicted octanol–water partition coefficient (Wildman–Crippen LogP) is 3.04. The fraction of sp³-hybridized carbons (Fsp3) is 0.517. The minimum atomic E-state index is -0.244. The lowest BCUT2D eigenvalue weighted by Gasteiger charge is -2.46. The summed E-state index contributed by atoms with van der Waals surface area (Å²) in [5, 5.41) is 0. The largest absolute Gasteiger partial charge is 1.00 e. The third-order valence-electron chi connectivity index (χ3n) is 14.7. The molecule has 2 aliphatic heterocycles. The molecule has 0 aliphatic carbocycles. The Hall–Kier alpha value is -5.94. The van der Waals surface area contributed by atoms with Gasteiger partial charge in [0, 0.05) is 55.6 Å². The van der Waals surface area contributed by atoms with Crippen LogP contribution in [0.3, 0.4) is 0 Å². The number of halogens is 2. The first kappa shape index (κ1) is 62.6. The van der Waals surface area contributed by atoms with Crippen molar-refractivity contribution in [2.45, 2.75) is 76.3 Å². The third kappa shape index (κ3) is 15.4. The molecule has 0 fully saturated rings. The molecule has 2 unspecified atom stereocenters. The Morgan fingerprint density at radius 2 is 0.934 bits per heavy atom. The molecule has 420 valence electrons. The molecule has 16 nitrogen and oxygen atoms in total. The van der Waals surface area contributed by atoms with Crippen molar-refractivity contribution in [1.82, 2.24) is 0 Å². The summed E-state index contributed by atoms with van der Waals surface area (Å²) < 4.78 is 69.7. The maximum absolute atomic E-state index is 12.8. The minimum absolute atomic E-state index is 0. The van der Waals surface area contributed by atoms with Crippen molar-refractivity contribution in [1.29, 1.82) is 0 Å². The van der Waals surface area contributed by atoms with E-state index in [-0.39, 0.29) is 61.6 Å².